The molecule has 32 heavy (non-hydrogen) atoms. The average molecular weight is 452 g/mol. The van der Waals surface area contributed by atoms with E-state index in [-0.39, 0.29) is 28.1 Å². The lowest BCUT2D eigenvalue weighted by molar-refractivity contribution is -0.141. The molecule has 2 aromatic carbocycles. The maximum Gasteiger partial charge on any atom is 0.337 e. The van der Waals surface area contributed by atoms with Gasteiger partial charge in [0.1, 0.15) is 12.1 Å². The molecule has 2 aromatic heterocycles. The van der Waals surface area contributed by atoms with Gasteiger partial charge in [-0.25, -0.2) is 4.79 Å². The quantitative estimate of drug-likeness (QED) is 0.437. The van der Waals surface area contributed by atoms with Gasteiger partial charge in [0.2, 0.25) is 0 Å². The number of carbonyl (C=O) groups is 3. The Balaban J connectivity index is 1.87. The Labute approximate surface area is 184 Å². The van der Waals surface area contributed by atoms with Crippen molar-refractivity contribution in [2.45, 2.75) is 6.54 Å². The van der Waals surface area contributed by atoms with Gasteiger partial charge in [-0.3, -0.25) is 14.4 Å². The first-order valence-corrected chi connectivity index (χ1v) is 10.1. The number of methoxy groups -OCH3 is 2. The van der Waals surface area contributed by atoms with E-state index >= 15 is 0 Å². The largest absolute Gasteiger partial charge is 0.468 e. The highest BCUT2D eigenvalue weighted by Crippen LogP contribution is 2.20. The Kier molecular flexibility index (Phi) is 5.69. The van der Waals surface area contributed by atoms with Crippen molar-refractivity contribution < 1.29 is 28.3 Å². The highest BCUT2D eigenvalue weighted by atomic mass is 32.1. The molecule has 2 heterocycles. The summed E-state index contributed by atoms with van der Waals surface area (Å²) in [7, 11) is 2.52. The molecular weight excluding hydrogens is 436 g/mol. The standard InChI is InChI=1S/C22H16N2O7S/c1-29-19(26)11-24-14-8-7-12(21(28)30-2)9-18(14)32-22(24)23-20(27)17-10-15(25)13-5-3-4-6-16(13)31-17/h3-10H,11H2,1-2H3. The maximum atomic E-state index is 12.8. The summed E-state index contributed by atoms with van der Waals surface area (Å²) in [5, 5.41) is 0.349. The number of aromatic nitrogens is 1. The van der Waals surface area contributed by atoms with Crippen molar-refractivity contribution in [2.75, 3.05) is 14.2 Å². The van der Waals surface area contributed by atoms with Gasteiger partial charge in [-0.2, -0.15) is 4.99 Å². The monoisotopic (exact) mass is 452 g/mol. The van der Waals surface area contributed by atoms with Crippen LogP contribution in [0.5, 0.6) is 0 Å². The lowest BCUT2D eigenvalue weighted by atomic mass is 10.2. The number of fused-ring (bicyclic) bond motifs is 2. The number of hydrogen-bond donors (Lipinski definition) is 0. The van der Waals surface area contributed by atoms with Crippen molar-refractivity contribution in [1.29, 1.82) is 0 Å². The minimum Gasteiger partial charge on any atom is -0.468 e. The summed E-state index contributed by atoms with van der Waals surface area (Å²) in [5.41, 5.74) is 0.774. The number of amides is 1. The Morgan fingerprint density at radius 1 is 1.06 bits per heavy atom. The third-order valence-corrected chi connectivity index (χ3v) is 5.70. The number of para-hydroxylation sites is 1. The molecule has 1 amide bonds. The van der Waals surface area contributed by atoms with Crippen LogP contribution in [0.1, 0.15) is 20.9 Å². The predicted octanol–water partition coefficient (Wildman–Crippen LogP) is 2.51. The minimum atomic E-state index is -0.786. The molecule has 162 valence electrons. The molecule has 0 spiro atoms. The van der Waals surface area contributed by atoms with Crippen LogP contribution >= 0.6 is 11.3 Å². The van der Waals surface area contributed by atoms with Gasteiger partial charge < -0.3 is 18.5 Å². The zero-order valence-electron chi connectivity index (χ0n) is 17.0. The van der Waals surface area contributed by atoms with E-state index in [4.69, 9.17) is 13.9 Å². The van der Waals surface area contributed by atoms with Crippen molar-refractivity contribution in [1.82, 2.24) is 4.57 Å². The molecule has 4 aromatic rings. The number of thiazole rings is 1. The maximum absolute atomic E-state index is 12.8. The molecule has 9 nitrogen and oxygen atoms in total. The molecule has 0 fully saturated rings. The van der Waals surface area contributed by atoms with Crippen LogP contribution in [0.15, 0.2) is 62.7 Å². The highest BCUT2D eigenvalue weighted by Gasteiger charge is 2.16. The number of ether oxygens (including phenoxy) is 2. The number of nitrogens with zero attached hydrogens (tertiary/aromatic N) is 2. The van der Waals surface area contributed by atoms with Crippen LogP contribution in [0, 0.1) is 0 Å². The van der Waals surface area contributed by atoms with Crippen LogP contribution in [0.2, 0.25) is 0 Å². The zero-order chi connectivity index (χ0) is 22.8. The smallest absolute Gasteiger partial charge is 0.337 e. The fraction of sp³-hybridized carbons (Fsp3) is 0.136. The summed E-state index contributed by atoms with van der Waals surface area (Å²) in [6, 6.07) is 12.4. The van der Waals surface area contributed by atoms with E-state index in [9.17, 15) is 19.2 Å². The Bertz CT molecular complexity index is 1510. The number of hydrogen-bond acceptors (Lipinski definition) is 8. The molecule has 0 N–H and O–H groups in total. The number of carbonyl (C=O) groups excluding carboxylic acids is 3. The normalized spacial score (nSPS) is 11.6. The molecule has 0 unspecified atom stereocenters. The van der Waals surface area contributed by atoms with Gasteiger partial charge in [0.15, 0.2) is 16.0 Å². The average Bonchev–Trinajstić information content (AvgIpc) is 3.14. The molecule has 0 aliphatic heterocycles. The van der Waals surface area contributed by atoms with Gasteiger partial charge in [-0.1, -0.05) is 23.5 Å². The van der Waals surface area contributed by atoms with E-state index in [1.165, 1.54) is 18.8 Å². The van der Waals surface area contributed by atoms with E-state index in [0.717, 1.165) is 17.4 Å². The summed E-state index contributed by atoms with van der Waals surface area (Å²) in [5.74, 6) is -2.09. The fourth-order valence-corrected chi connectivity index (χ4v) is 4.17. The third kappa shape index (κ3) is 3.95. The Morgan fingerprint density at radius 2 is 1.84 bits per heavy atom. The topological polar surface area (TPSA) is 117 Å². The lowest BCUT2D eigenvalue weighted by Gasteiger charge is -2.04. The van der Waals surface area contributed by atoms with Crippen LogP contribution in [0.25, 0.3) is 21.2 Å². The molecular formula is C22H16N2O7S. The summed E-state index contributed by atoms with van der Waals surface area (Å²) >= 11 is 1.09. The first-order chi connectivity index (χ1) is 15.4. The summed E-state index contributed by atoms with van der Waals surface area (Å²) < 4.78 is 17.1. The van der Waals surface area contributed by atoms with Crippen LogP contribution < -0.4 is 10.2 Å². The van der Waals surface area contributed by atoms with Crippen molar-refractivity contribution in [3.8, 4) is 0 Å². The third-order valence-electron chi connectivity index (χ3n) is 4.66. The number of esters is 2. The van der Waals surface area contributed by atoms with Crippen LogP contribution in [0.4, 0.5) is 0 Å². The molecule has 0 atom stereocenters. The molecule has 0 saturated heterocycles. The van der Waals surface area contributed by atoms with Crippen molar-refractivity contribution in [2.24, 2.45) is 4.99 Å². The summed E-state index contributed by atoms with van der Waals surface area (Å²) in [6.45, 7) is -0.206. The molecule has 0 radical (unpaired) electrons. The van der Waals surface area contributed by atoms with E-state index < -0.39 is 17.8 Å². The summed E-state index contributed by atoms with van der Waals surface area (Å²) in [6.07, 6.45) is 0. The predicted molar refractivity (Wildman–Crippen MR) is 116 cm³/mol. The van der Waals surface area contributed by atoms with Gasteiger partial charge >= 0.3 is 17.8 Å². The molecule has 0 saturated carbocycles. The Hall–Kier alpha value is -4.05. The molecule has 0 aliphatic carbocycles. The summed E-state index contributed by atoms with van der Waals surface area (Å²) in [4.78, 5) is 53.2. The second-order valence-corrected chi connectivity index (χ2v) is 7.62. The van der Waals surface area contributed by atoms with E-state index in [1.54, 1.807) is 42.5 Å². The number of benzene rings is 2. The van der Waals surface area contributed by atoms with E-state index in [0.29, 0.717) is 21.2 Å². The lowest BCUT2D eigenvalue weighted by Crippen LogP contribution is -2.22. The first-order valence-electron chi connectivity index (χ1n) is 9.31. The molecule has 0 bridgehead atoms. The van der Waals surface area contributed by atoms with E-state index in [1.807, 2.05) is 0 Å². The molecule has 10 heteroatoms. The first kappa shape index (κ1) is 21.2. The van der Waals surface area contributed by atoms with E-state index in [2.05, 4.69) is 4.99 Å². The van der Waals surface area contributed by atoms with Gasteiger partial charge in [-0.05, 0) is 30.3 Å². The van der Waals surface area contributed by atoms with Crippen LogP contribution in [0.3, 0.4) is 0 Å². The SMILES string of the molecule is COC(=O)Cn1c(=NC(=O)c2cc(=O)c3ccccc3o2)sc2cc(C(=O)OC)ccc21. The highest BCUT2D eigenvalue weighted by molar-refractivity contribution is 7.16. The molecule has 4 rings (SSSR count). The Morgan fingerprint density at radius 3 is 2.59 bits per heavy atom. The van der Waals surface area contributed by atoms with Gasteiger partial charge in [-0.15, -0.1) is 0 Å². The van der Waals surface area contributed by atoms with Crippen molar-refractivity contribution in [3.05, 3.63) is 74.9 Å². The van der Waals surface area contributed by atoms with Gasteiger partial charge in [0.05, 0.1) is 35.4 Å². The number of rotatable bonds is 4. The minimum absolute atomic E-state index is 0.174. The van der Waals surface area contributed by atoms with Crippen molar-refractivity contribution >= 4 is 50.4 Å². The van der Waals surface area contributed by atoms with Crippen molar-refractivity contribution in [3.63, 3.8) is 0 Å². The second-order valence-electron chi connectivity index (χ2n) is 6.61. The molecule has 0 aliphatic rings. The van der Waals surface area contributed by atoms with Crippen LogP contribution in [-0.2, 0) is 20.8 Å². The van der Waals surface area contributed by atoms with Gasteiger partial charge in [0.25, 0.3) is 0 Å². The fourth-order valence-electron chi connectivity index (χ4n) is 3.10. The zero-order valence-corrected chi connectivity index (χ0v) is 17.8. The van der Waals surface area contributed by atoms with Crippen LogP contribution in [-0.4, -0.2) is 36.6 Å². The van der Waals surface area contributed by atoms with Gasteiger partial charge in [0, 0.05) is 6.07 Å². The second kappa shape index (κ2) is 8.60.